The van der Waals surface area contributed by atoms with Crippen molar-refractivity contribution in [2.24, 2.45) is 23.7 Å². The summed E-state index contributed by atoms with van der Waals surface area (Å²) in [4.78, 5) is 0. The Hall–Kier alpha value is -0.0800. The molecule has 4 rings (SSSR count). The molecule has 4 saturated carbocycles. The molecule has 0 aromatic carbocycles. The van der Waals surface area contributed by atoms with Crippen LogP contribution >= 0.6 is 0 Å². The molecule has 0 spiro atoms. The Morgan fingerprint density at radius 1 is 0.933 bits per heavy atom. The highest BCUT2D eigenvalue weighted by Crippen LogP contribution is 2.65. The molecule has 0 aromatic rings. The van der Waals surface area contributed by atoms with Crippen LogP contribution in [0.15, 0.2) is 0 Å². The molecule has 2 nitrogen and oxygen atoms in total. The molecule has 0 saturated heterocycles. The quantitative estimate of drug-likeness (QED) is 0.720. The number of aliphatic hydroxyl groups is 1. The van der Waals surface area contributed by atoms with Crippen LogP contribution in [0.5, 0.6) is 0 Å². The van der Waals surface area contributed by atoms with E-state index >= 15 is 0 Å². The van der Waals surface area contributed by atoms with Crippen molar-refractivity contribution < 1.29 is 5.11 Å². The van der Waals surface area contributed by atoms with Gasteiger partial charge in [0.1, 0.15) is 0 Å². The van der Waals surface area contributed by atoms with Gasteiger partial charge in [-0.05, 0) is 62.2 Å². The average Bonchev–Trinajstić information content (AvgIpc) is 2.62. The van der Waals surface area contributed by atoms with E-state index in [1.807, 2.05) is 0 Å². The third kappa shape index (κ3) is 1.18. The van der Waals surface area contributed by atoms with E-state index in [2.05, 4.69) is 5.32 Å². The normalized spacial score (nSPS) is 61.0. The van der Waals surface area contributed by atoms with Crippen molar-refractivity contribution in [3.63, 3.8) is 0 Å². The molecule has 0 amide bonds. The van der Waals surface area contributed by atoms with E-state index < -0.39 is 0 Å². The fourth-order valence-electron chi connectivity index (χ4n) is 4.93. The number of fused-ring (bicyclic) bond motifs is 5. The zero-order valence-corrected chi connectivity index (χ0v) is 9.23. The van der Waals surface area contributed by atoms with Crippen LogP contribution in [0.3, 0.4) is 0 Å². The number of nitrogens with one attached hydrogen (secondary N) is 1. The highest BCUT2D eigenvalue weighted by Gasteiger charge is 2.65. The first-order valence-corrected chi connectivity index (χ1v) is 6.79. The van der Waals surface area contributed by atoms with E-state index in [0.29, 0.717) is 6.04 Å². The molecule has 2 bridgehead atoms. The van der Waals surface area contributed by atoms with Gasteiger partial charge < -0.3 is 10.4 Å². The van der Waals surface area contributed by atoms with E-state index in [9.17, 15) is 5.11 Å². The molecule has 0 heterocycles. The summed E-state index contributed by atoms with van der Waals surface area (Å²) in [6.07, 6.45) is 7.91. The molecule has 15 heavy (non-hydrogen) atoms. The lowest BCUT2D eigenvalue weighted by Crippen LogP contribution is -2.39. The van der Waals surface area contributed by atoms with Crippen molar-refractivity contribution in [1.29, 1.82) is 0 Å². The van der Waals surface area contributed by atoms with Crippen molar-refractivity contribution in [2.45, 2.75) is 56.7 Å². The fraction of sp³-hybridized carbons (Fsp3) is 1.00. The number of aliphatic hydroxyl groups excluding tert-OH is 1. The van der Waals surface area contributed by atoms with E-state index in [-0.39, 0.29) is 6.10 Å². The maximum absolute atomic E-state index is 9.81. The maximum Gasteiger partial charge on any atom is 0.0693 e. The predicted molar refractivity (Wildman–Crippen MR) is 58.4 cm³/mol. The van der Waals surface area contributed by atoms with E-state index in [4.69, 9.17) is 0 Å². The summed E-state index contributed by atoms with van der Waals surface area (Å²) in [5.41, 5.74) is 0. The smallest absolute Gasteiger partial charge is 0.0693 e. The van der Waals surface area contributed by atoms with Crippen molar-refractivity contribution >= 4 is 0 Å². The summed E-state index contributed by atoms with van der Waals surface area (Å²) in [7, 11) is 0. The lowest BCUT2D eigenvalue weighted by molar-refractivity contribution is 0.145. The Morgan fingerprint density at radius 3 is 2.27 bits per heavy atom. The highest BCUT2D eigenvalue weighted by molar-refractivity contribution is 5.17. The molecule has 6 unspecified atom stereocenters. The first kappa shape index (κ1) is 9.00. The van der Waals surface area contributed by atoms with E-state index in [1.165, 1.54) is 32.1 Å². The van der Waals surface area contributed by atoms with Crippen LogP contribution in [0.4, 0.5) is 0 Å². The van der Waals surface area contributed by atoms with Crippen LogP contribution in [0.2, 0.25) is 0 Å². The zero-order chi connectivity index (χ0) is 9.99. The number of hydrogen-bond acceptors (Lipinski definition) is 2. The Bertz CT molecular complexity index is 264. The van der Waals surface area contributed by atoms with Gasteiger partial charge in [-0.1, -0.05) is 0 Å². The van der Waals surface area contributed by atoms with Crippen LogP contribution < -0.4 is 5.32 Å². The molecule has 0 aliphatic heterocycles. The third-order valence-electron chi connectivity index (χ3n) is 5.62. The number of hydrogen-bond donors (Lipinski definition) is 2. The van der Waals surface area contributed by atoms with E-state index in [1.54, 1.807) is 0 Å². The molecule has 2 N–H and O–H groups in total. The second kappa shape index (κ2) is 2.98. The molecule has 0 radical (unpaired) electrons. The van der Waals surface area contributed by atoms with Gasteiger partial charge in [0.25, 0.3) is 0 Å². The van der Waals surface area contributed by atoms with Crippen LogP contribution in [0, 0.1) is 23.7 Å². The molecule has 6 atom stereocenters. The summed E-state index contributed by atoms with van der Waals surface area (Å²) in [6, 6.07) is 1.23. The highest BCUT2D eigenvalue weighted by atomic mass is 16.3. The van der Waals surface area contributed by atoms with Crippen LogP contribution in [0.1, 0.15) is 38.5 Å². The summed E-state index contributed by atoms with van der Waals surface area (Å²) in [6.45, 7) is 0. The molecule has 2 heteroatoms. The largest absolute Gasteiger partial charge is 0.392 e. The van der Waals surface area contributed by atoms with Crippen molar-refractivity contribution in [3.8, 4) is 0 Å². The van der Waals surface area contributed by atoms with Gasteiger partial charge in [-0.15, -0.1) is 0 Å². The molecular formula is C13H21NO. The summed E-state index contributed by atoms with van der Waals surface area (Å²) in [5.74, 6) is 4.13. The van der Waals surface area contributed by atoms with Gasteiger partial charge in [0.2, 0.25) is 0 Å². The fourth-order valence-corrected chi connectivity index (χ4v) is 4.93. The van der Waals surface area contributed by atoms with Crippen molar-refractivity contribution in [2.75, 3.05) is 0 Å². The minimum absolute atomic E-state index is 0.0519. The standard InChI is InChI=1S/C13H21NO/c15-10-3-1-2-9(10)14-13-11-7-4-5-8(6-7)12(11)13/h7-15H,1-6H2. The average molecular weight is 207 g/mol. The maximum atomic E-state index is 9.81. The summed E-state index contributed by atoms with van der Waals surface area (Å²) in [5, 5.41) is 13.6. The van der Waals surface area contributed by atoms with Gasteiger partial charge in [0.05, 0.1) is 6.10 Å². The third-order valence-corrected chi connectivity index (χ3v) is 5.62. The molecule has 4 aliphatic rings. The van der Waals surface area contributed by atoms with Crippen LogP contribution in [0.25, 0.3) is 0 Å². The molecule has 0 aromatic heterocycles. The Morgan fingerprint density at radius 2 is 1.67 bits per heavy atom. The topological polar surface area (TPSA) is 32.3 Å². The van der Waals surface area contributed by atoms with Crippen molar-refractivity contribution in [1.82, 2.24) is 5.32 Å². The number of rotatable bonds is 2. The van der Waals surface area contributed by atoms with Gasteiger partial charge in [0, 0.05) is 12.1 Å². The second-order valence-corrected chi connectivity index (χ2v) is 6.29. The Kier molecular flexibility index (Phi) is 1.79. The monoisotopic (exact) mass is 207 g/mol. The Balaban J connectivity index is 1.41. The van der Waals surface area contributed by atoms with Gasteiger partial charge >= 0.3 is 0 Å². The minimum atomic E-state index is -0.0519. The lowest BCUT2D eigenvalue weighted by atomic mass is 10.0. The van der Waals surface area contributed by atoms with Crippen molar-refractivity contribution in [3.05, 3.63) is 0 Å². The van der Waals surface area contributed by atoms with Gasteiger partial charge in [-0.2, -0.15) is 0 Å². The van der Waals surface area contributed by atoms with E-state index in [0.717, 1.165) is 36.1 Å². The predicted octanol–water partition coefficient (Wildman–Crippen LogP) is 1.53. The first-order valence-electron chi connectivity index (χ1n) is 6.79. The Labute approximate surface area is 91.4 Å². The van der Waals surface area contributed by atoms with Crippen LogP contribution in [-0.2, 0) is 0 Å². The van der Waals surface area contributed by atoms with Gasteiger partial charge in [0.15, 0.2) is 0 Å². The molecule has 4 fully saturated rings. The summed E-state index contributed by atoms with van der Waals surface area (Å²) < 4.78 is 0. The minimum Gasteiger partial charge on any atom is -0.392 e. The molecular weight excluding hydrogens is 186 g/mol. The molecule has 84 valence electrons. The van der Waals surface area contributed by atoms with Gasteiger partial charge in [-0.3, -0.25) is 0 Å². The zero-order valence-electron chi connectivity index (χ0n) is 9.23. The van der Waals surface area contributed by atoms with Crippen LogP contribution in [-0.4, -0.2) is 23.3 Å². The lowest BCUT2D eigenvalue weighted by Gasteiger charge is -2.19. The summed E-state index contributed by atoms with van der Waals surface area (Å²) >= 11 is 0. The second-order valence-electron chi connectivity index (χ2n) is 6.29. The van der Waals surface area contributed by atoms with Gasteiger partial charge in [-0.25, -0.2) is 0 Å². The first-order chi connectivity index (χ1) is 7.34. The molecule has 4 aliphatic carbocycles. The SMILES string of the molecule is OC1CCCC1NC1C2C3CCC(C3)C12.